The molecule has 0 atom stereocenters. The molecule has 0 heterocycles. The van der Waals surface area contributed by atoms with Gasteiger partial charge >= 0.3 is 7.66 Å². The topological polar surface area (TPSA) is 20.2 Å². The summed E-state index contributed by atoms with van der Waals surface area (Å²) in [5.41, 5.74) is 0. The smallest absolute Gasteiger partial charge is 0.370 e. The maximum absolute atomic E-state index is 7.73. The first-order valence-corrected chi connectivity index (χ1v) is 4.70. The lowest BCUT2D eigenvalue weighted by Crippen LogP contribution is -1.83. The minimum atomic E-state index is -2.19. The molecule has 0 aromatic rings. The molecule has 0 fully saturated rings. The molecule has 1 nitrogen and oxygen atoms in total. The Morgan fingerprint density at radius 3 is 1.50 bits per heavy atom. The van der Waals surface area contributed by atoms with Gasteiger partial charge in [-0.15, -0.1) is 22.2 Å². The third kappa shape index (κ3) is 14.9. The molecule has 4 heteroatoms. The van der Waals surface area contributed by atoms with Gasteiger partial charge in [0, 0.05) is 0 Å². The van der Waals surface area contributed by atoms with Crippen molar-refractivity contribution in [3.05, 3.63) is 0 Å². The van der Waals surface area contributed by atoms with Gasteiger partial charge in [0.2, 0.25) is 0 Å². The van der Waals surface area contributed by atoms with Crippen molar-refractivity contribution in [2.24, 2.45) is 0 Å². The van der Waals surface area contributed by atoms with Crippen LogP contribution in [0, 0.1) is 0 Å². The molecule has 0 aromatic heterocycles. The third-order valence-electron chi connectivity index (χ3n) is 0. The van der Waals surface area contributed by atoms with E-state index in [0.29, 0.717) is 0 Å². The molecule has 0 spiro atoms. The SMILES string of the molecule is O[SiH](Cl)Cl. The Morgan fingerprint density at radius 2 is 1.50 bits per heavy atom. The van der Waals surface area contributed by atoms with Crippen molar-refractivity contribution in [2.75, 3.05) is 0 Å². The molecule has 0 radical (unpaired) electrons. The molecule has 0 saturated heterocycles. The molecule has 0 unspecified atom stereocenters. The molecular weight excluding hydrogens is 115 g/mol. The van der Waals surface area contributed by atoms with E-state index in [-0.39, 0.29) is 0 Å². The van der Waals surface area contributed by atoms with Crippen LogP contribution in [-0.2, 0) is 0 Å². The van der Waals surface area contributed by atoms with Crippen LogP contribution in [0.4, 0.5) is 0 Å². The van der Waals surface area contributed by atoms with Gasteiger partial charge in [-0.2, -0.15) is 0 Å². The lowest BCUT2D eigenvalue weighted by Gasteiger charge is -1.69. The average Bonchev–Trinajstić information content (AvgIpc) is 0.811. The predicted octanol–water partition coefficient (Wildman–Crippen LogP) is 0.173. The largest absolute Gasteiger partial charge is 0.411 e. The van der Waals surface area contributed by atoms with Crippen molar-refractivity contribution in [1.82, 2.24) is 0 Å². The minimum Gasteiger partial charge on any atom is -0.411 e. The van der Waals surface area contributed by atoms with Gasteiger partial charge in [-0.1, -0.05) is 0 Å². The molecule has 0 aromatic carbocycles. The van der Waals surface area contributed by atoms with E-state index < -0.39 is 7.66 Å². The Kier molecular flexibility index (Phi) is 2.41. The zero-order valence-electron chi connectivity index (χ0n) is 1.78. The highest BCUT2D eigenvalue weighted by atomic mass is 35.7. The standard InChI is InChI=1S/Cl2H2OSi/c1-4(2)3/h3-4H. The van der Waals surface area contributed by atoms with Gasteiger partial charge in [-0.05, 0) is 0 Å². The van der Waals surface area contributed by atoms with Crippen LogP contribution in [0.1, 0.15) is 0 Å². The van der Waals surface area contributed by atoms with Crippen LogP contribution in [0.15, 0.2) is 0 Å². The molecule has 0 aliphatic rings. The van der Waals surface area contributed by atoms with Gasteiger partial charge in [-0.3, -0.25) is 0 Å². The summed E-state index contributed by atoms with van der Waals surface area (Å²) < 4.78 is 0. The molecular formula is H2Cl2OSi. The van der Waals surface area contributed by atoms with Crippen molar-refractivity contribution in [3.63, 3.8) is 0 Å². The lowest BCUT2D eigenvalue weighted by atomic mass is 15.9. The summed E-state index contributed by atoms with van der Waals surface area (Å²) in [6, 6.07) is 0. The van der Waals surface area contributed by atoms with Crippen LogP contribution in [-0.4, -0.2) is 12.5 Å². The summed E-state index contributed by atoms with van der Waals surface area (Å²) in [6.07, 6.45) is 0. The number of hydrogen-bond donors (Lipinski definition) is 1. The fraction of sp³-hybridized carbons (Fsp3) is 0. The minimum absolute atomic E-state index is 2.19. The van der Waals surface area contributed by atoms with E-state index in [1.54, 1.807) is 0 Å². The Labute approximate surface area is 35.3 Å². The van der Waals surface area contributed by atoms with Crippen LogP contribution in [0.3, 0.4) is 0 Å². The highest BCUT2D eigenvalue weighted by Crippen LogP contribution is 1.84. The molecule has 26 valence electrons. The first kappa shape index (κ1) is 4.76. The lowest BCUT2D eigenvalue weighted by molar-refractivity contribution is 0.614. The fourth-order valence-corrected chi connectivity index (χ4v) is 0. The number of hydrogen-bond acceptors (Lipinski definition) is 1. The van der Waals surface area contributed by atoms with E-state index in [4.69, 9.17) is 27.0 Å². The molecule has 0 saturated carbocycles. The summed E-state index contributed by atoms with van der Waals surface area (Å²) >= 11 is 9.47. The van der Waals surface area contributed by atoms with Gasteiger partial charge in [0.05, 0.1) is 0 Å². The van der Waals surface area contributed by atoms with E-state index in [9.17, 15) is 0 Å². The summed E-state index contributed by atoms with van der Waals surface area (Å²) in [5.74, 6) is 0. The summed E-state index contributed by atoms with van der Waals surface area (Å²) in [7, 11) is -2.19. The quantitative estimate of drug-likeness (QED) is 0.354. The zero-order chi connectivity index (χ0) is 3.58. The van der Waals surface area contributed by atoms with Crippen molar-refractivity contribution < 1.29 is 4.80 Å². The van der Waals surface area contributed by atoms with Crippen LogP contribution >= 0.6 is 22.2 Å². The highest BCUT2D eigenvalue weighted by molar-refractivity contribution is 7.30. The van der Waals surface area contributed by atoms with Crippen LogP contribution in [0.2, 0.25) is 0 Å². The molecule has 0 amide bonds. The van der Waals surface area contributed by atoms with E-state index in [0.717, 1.165) is 0 Å². The summed E-state index contributed by atoms with van der Waals surface area (Å²) in [4.78, 5) is 7.73. The van der Waals surface area contributed by atoms with Gasteiger partial charge in [0.25, 0.3) is 0 Å². The highest BCUT2D eigenvalue weighted by Gasteiger charge is 1.84. The van der Waals surface area contributed by atoms with Gasteiger partial charge in [-0.25, -0.2) is 0 Å². The average molecular weight is 117 g/mol. The fourth-order valence-electron chi connectivity index (χ4n) is 0. The maximum atomic E-state index is 7.73. The Balaban J connectivity index is 2.32. The Bertz CT molecular complexity index is 10.8. The van der Waals surface area contributed by atoms with Crippen LogP contribution in [0.5, 0.6) is 0 Å². The van der Waals surface area contributed by atoms with Crippen LogP contribution in [0.25, 0.3) is 0 Å². The van der Waals surface area contributed by atoms with Crippen molar-refractivity contribution in [2.45, 2.75) is 0 Å². The van der Waals surface area contributed by atoms with E-state index in [1.807, 2.05) is 0 Å². The molecule has 4 heavy (non-hydrogen) atoms. The molecule has 1 N–H and O–H groups in total. The summed E-state index contributed by atoms with van der Waals surface area (Å²) in [5, 5.41) is 0. The second-order valence-corrected chi connectivity index (χ2v) is 3.98. The predicted molar refractivity (Wildman–Crippen MR) is 21.1 cm³/mol. The van der Waals surface area contributed by atoms with Crippen molar-refractivity contribution >= 4 is 29.8 Å². The van der Waals surface area contributed by atoms with Gasteiger partial charge < -0.3 is 4.80 Å². The molecule has 0 rings (SSSR count). The van der Waals surface area contributed by atoms with Crippen molar-refractivity contribution in [3.8, 4) is 0 Å². The monoisotopic (exact) mass is 116 g/mol. The van der Waals surface area contributed by atoms with Crippen LogP contribution < -0.4 is 0 Å². The second kappa shape index (κ2) is 2.02. The number of halogens is 2. The zero-order valence-corrected chi connectivity index (χ0v) is 4.45. The van der Waals surface area contributed by atoms with Gasteiger partial charge in [0.1, 0.15) is 0 Å². The van der Waals surface area contributed by atoms with E-state index >= 15 is 0 Å². The molecule has 0 aliphatic heterocycles. The maximum Gasteiger partial charge on any atom is 0.370 e. The first-order chi connectivity index (χ1) is 1.73. The van der Waals surface area contributed by atoms with Crippen molar-refractivity contribution in [1.29, 1.82) is 0 Å². The normalized spacial score (nSPS) is 9.00. The molecule has 0 aliphatic carbocycles. The van der Waals surface area contributed by atoms with E-state index in [2.05, 4.69) is 0 Å². The first-order valence-electron chi connectivity index (χ1n) is 0.695. The summed E-state index contributed by atoms with van der Waals surface area (Å²) in [6.45, 7) is 0. The Hall–Kier alpha value is 0.757. The Morgan fingerprint density at radius 1 is 1.50 bits per heavy atom. The molecule has 0 bridgehead atoms. The number of rotatable bonds is 0. The second-order valence-electron chi connectivity index (χ2n) is 0.278. The third-order valence-corrected chi connectivity index (χ3v) is 0. The van der Waals surface area contributed by atoms with Gasteiger partial charge in [0.15, 0.2) is 0 Å². The van der Waals surface area contributed by atoms with E-state index in [1.165, 1.54) is 0 Å².